The number of anilines is 1. The number of aromatic nitrogens is 4. The zero-order valence-electron chi connectivity index (χ0n) is 10.9. The van der Waals surface area contributed by atoms with Crippen molar-refractivity contribution in [3.63, 3.8) is 0 Å². The van der Waals surface area contributed by atoms with Gasteiger partial charge in [-0.3, -0.25) is 0 Å². The maximum absolute atomic E-state index is 10.1. The number of rotatable bonds is 2. The van der Waals surface area contributed by atoms with E-state index in [9.17, 15) is 5.11 Å². The van der Waals surface area contributed by atoms with Crippen LogP contribution in [-0.4, -0.2) is 44.0 Å². The third kappa shape index (κ3) is 2.24. The van der Waals surface area contributed by atoms with Crippen molar-refractivity contribution in [3.05, 3.63) is 30.6 Å². The zero-order chi connectivity index (χ0) is 14.0. The fourth-order valence-corrected chi connectivity index (χ4v) is 2.40. The lowest BCUT2D eigenvalue weighted by Gasteiger charge is -2.37. The molecule has 1 aromatic heterocycles. The quantitative estimate of drug-likeness (QED) is 0.800. The summed E-state index contributed by atoms with van der Waals surface area (Å²) in [5, 5.41) is 21.3. The maximum Gasteiger partial charge on any atom is 0.143 e. The minimum absolute atomic E-state index is 0.553. The van der Waals surface area contributed by atoms with Gasteiger partial charge in [-0.25, -0.2) is 0 Å². The van der Waals surface area contributed by atoms with Crippen molar-refractivity contribution in [2.45, 2.75) is 18.4 Å². The molecule has 0 amide bonds. The molecule has 101 valence electrons. The molecule has 1 fully saturated rings. The third-order valence-corrected chi connectivity index (χ3v) is 3.62. The van der Waals surface area contributed by atoms with Crippen LogP contribution in [0.3, 0.4) is 0 Å². The number of hydrogen-bond acceptors (Lipinski definition) is 5. The van der Waals surface area contributed by atoms with E-state index in [0.717, 1.165) is 11.4 Å². The molecule has 0 atom stereocenters. The first-order chi connectivity index (χ1) is 9.72. The van der Waals surface area contributed by atoms with Gasteiger partial charge in [0.05, 0.1) is 11.4 Å². The summed E-state index contributed by atoms with van der Waals surface area (Å²) in [5.74, 6) is 2.48. The highest BCUT2D eigenvalue weighted by molar-refractivity contribution is 5.62. The van der Waals surface area contributed by atoms with Gasteiger partial charge in [-0.15, -0.1) is 11.5 Å². The Morgan fingerprint density at radius 1 is 1.35 bits per heavy atom. The Kier molecular flexibility index (Phi) is 3.12. The predicted molar refractivity (Wildman–Crippen MR) is 73.2 cm³/mol. The summed E-state index contributed by atoms with van der Waals surface area (Å²) in [5.41, 5.74) is 0.894. The smallest absolute Gasteiger partial charge is 0.143 e. The Bertz CT molecular complexity index is 623. The molecule has 6 heteroatoms. The minimum atomic E-state index is -0.980. The highest BCUT2D eigenvalue weighted by atomic mass is 16.3. The number of benzene rings is 1. The molecule has 1 saturated heterocycles. The van der Waals surface area contributed by atoms with E-state index in [4.69, 9.17) is 6.42 Å². The monoisotopic (exact) mass is 268 g/mol. The van der Waals surface area contributed by atoms with Gasteiger partial charge in [-0.05, 0) is 28.6 Å². The predicted octanol–water partition coefficient (Wildman–Crippen LogP) is 0.427. The van der Waals surface area contributed by atoms with Gasteiger partial charge in [0, 0.05) is 25.9 Å². The average molecular weight is 268 g/mol. The van der Waals surface area contributed by atoms with Crippen molar-refractivity contribution in [1.29, 1.82) is 0 Å². The van der Waals surface area contributed by atoms with E-state index in [0.29, 0.717) is 25.9 Å². The molecule has 0 bridgehead atoms. The fourth-order valence-electron chi connectivity index (χ4n) is 2.40. The lowest BCUT2D eigenvalue weighted by molar-refractivity contribution is 0.0748. The fraction of sp³-hybridized carbons (Fsp3) is 0.357. The molecule has 1 aromatic carbocycles. The van der Waals surface area contributed by atoms with Crippen LogP contribution in [-0.2, 0) is 0 Å². The molecule has 2 aromatic rings. The van der Waals surface area contributed by atoms with Crippen molar-refractivity contribution < 1.29 is 5.11 Å². The van der Waals surface area contributed by atoms with Gasteiger partial charge in [-0.2, -0.15) is 4.68 Å². The van der Waals surface area contributed by atoms with Gasteiger partial charge < -0.3 is 10.0 Å². The molecule has 1 aliphatic rings. The molecule has 6 nitrogen and oxygen atoms in total. The van der Waals surface area contributed by atoms with Gasteiger partial charge in [0.2, 0.25) is 0 Å². The third-order valence-electron chi connectivity index (χ3n) is 3.62. The summed E-state index contributed by atoms with van der Waals surface area (Å²) in [4.78, 5) is 2.18. The summed E-state index contributed by atoms with van der Waals surface area (Å²) < 4.78 is 1.60. The molecule has 2 heterocycles. The van der Waals surface area contributed by atoms with Crippen molar-refractivity contribution in [3.8, 4) is 18.0 Å². The van der Waals surface area contributed by atoms with E-state index in [1.54, 1.807) is 11.0 Å². The highest BCUT2D eigenvalue weighted by Crippen LogP contribution is 2.29. The van der Waals surface area contributed by atoms with Crippen LogP contribution in [0.15, 0.2) is 24.5 Å². The lowest BCUT2D eigenvalue weighted by atomic mass is 9.92. The average Bonchev–Trinajstić information content (AvgIpc) is 3.02. The molecule has 0 spiro atoms. The standard InChI is InChI=1S/C14H14N5O/c1-2-14(20)7-9-18(10-8-14)12-5-3-4-6-13(12)19-11-15-16-17-19/h1,3,5-6,11,20H,7-10H2. The summed E-state index contributed by atoms with van der Waals surface area (Å²) in [6.07, 6.45) is 8.03. The Morgan fingerprint density at radius 2 is 2.15 bits per heavy atom. The van der Waals surface area contributed by atoms with E-state index in [-0.39, 0.29) is 0 Å². The van der Waals surface area contributed by atoms with Crippen molar-refractivity contribution in [1.82, 2.24) is 20.2 Å². The van der Waals surface area contributed by atoms with Crippen LogP contribution in [0.25, 0.3) is 5.69 Å². The van der Waals surface area contributed by atoms with Crippen LogP contribution < -0.4 is 4.90 Å². The largest absolute Gasteiger partial charge is 0.377 e. The SMILES string of the molecule is C#CC1(O)CCN(c2cc[c]cc2-n2cnnn2)CC1. The van der Waals surface area contributed by atoms with Crippen LogP contribution in [0.5, 0.6) is 0 Å². The second-order valence-electron chi connectivity index (χ2n) is 4.83. The van der Waals surface area contributed by atoms with E-state index in [1.165, 1.54) is 0 Å². The molecule has 1 radical (unpaired) electrons. The molecule has 0 aliphatic carbocycles. The first-order valence-electron chi connectivity index (χ1n) is 6.40. The maximum atomic E-state index is 10.1. The number of terminal acetylenes is 1. The minimum Gasteiger partial charge on any atom is -0.377 e. The molecular formula is C14H14N5O. The number of hydrogen-bond donors (Lipinski definition) is 1. The first-order valence-corrected chi connectivity index (χ1v) is 6.40. The van der Waals surface area contributed by atoms with Crippen LogP contribution in [0.1, 0.15) is 12.8 Å². The summed E-state index contributed by atoms with van der Waals surface area (Å²) in [7, 11) is 0. The first kappa shape index (κ1) is 12.6. The van der Waals surface area contributed by atoms with E-state index >= 15 is 0 Å². The molecule has 0 saturated carbocycles. The topological polar surface area (TPSA) is 67.1 Å². The van der Waals surface area contributed by atoms with Gasteiger partial charge in [0.25, 0.3) is 0 Å². The van der Waals surface area contributed by atoms with E-state index < -0.39 is 5.60 Å². The summed E-state index contributed by atoms with van der Waals surface area (Å²) >= 11 is 0. The van der Waals surface area contributed by atoms with E-state index in [1.807, 2.05) is 18.2 Å². The lowest BCUT2D eigenvalue weighted by Crippen LogP contribution is -2.43. The van der Waals surface area contributed by atoms with Gasteiger partial charge in [-0.1, -0.05) is 12.0 Å². The highest BCUT2D eigenvalue weighted by Gasteiger charge is 2.31. The molecule has 0 unspecified atom stereocenters. The van der Waals surface area contributed by atoms with Gasteiger partial charge in [0.15, 0.2) is 0 Å². The van der Waals surface area contributed by atoms with Gasteiger partial charge >= 0.3 is 0 Å². The van der Waals surface area contributed by atoms with Crippen LogP contribution >= 0.6 is 0 Å². The van der Waals surface area contributed by atoms with Crippen LogP contribution in [0, 0.1) is 18.4 Å². The van der Waals surface area contributed by atoms with Gasteiger partial charge in [0.1, 0.15) is 11.9 Å². The molecule has 1 N–H and O–H groups in total. The second kappa shape index (κ2) is 4.94. The Morgan fingerprint density at radius 3 is 2.80 bits per heavy atom. The number of piperidine rings is 1. The van der Waals surface area contributed by atoms with Crippen molar-refractivity contribution in [2.24, 2.45) is 0 Å². The number of nitrogens with zero attached hydrogens (tertiary/aromatic N) is 5. The molecular weight excluding hydrogens is 254 g/mol. The molecule has 1 aliphatic heterocycles. The molecule has 20 heavy (non-hydrogen) atoms. The summed E-state index contributed by atoms with van der Waals surface area (Å²) in [6.45, 7) is 1.39. The van der Waals surface area contributed by atoms with E-state index in [2.05, 4.69) is 32.4 Å². The zero-order valence-corrected chi connectivity index (χ0v) is 10.9. The second-order valence-corrected chi connectivity index (χ2v) is 4.83. The molecule has 3 rings (SSSR count). The van der Waals surface area contributed by atoms with Crippen LogP contribution in [0.4, 0.5) is 5.69 Å². The number of aliphatic hydroxyl groups is 1. The number of tetrazole rings is 1. The normalized spacial score (nSPS) is 17.7. The summed E-state index contributed by atoms with van der Waals surface area (Å²) in [6, 6.07) is 8.69. The Labute approximate surface area is 117 Å². The Balaban J connectivity index is 1.88. The van der Waals surface area contributed by atoms with Crippen LogP contribution in [0.2, 0.25) is 0 Å². The Hall–Kier alpha value is -2.39. The van der Waals surface area contributed by atoms with Crippen molar-refractivity contribution in [2.75, 3.05) is 18.0 Å². The van der Waals surface area contributed by atoms with Crippen molar-refractivity contribution >= 4 is 5.69 Å².